The minimum absolute atomic E-state index is 0.0786. The van der Waals surface area contributed by atoms with E-state index in [0.29, 0.717) is 13.2 Å². The van der Waals surface area contributed by atoms with E-state index in [-0.39, 0.29) is 12.5 Å². The highest BCUT2D eigenvalue weighted by molar-refractivity contribution is 5.77. The average molecular weight is 217 g/mol. The van der Waals surface area contributed by atoms with Crippen LogP contribution in [-0.2, 0) is 14.3 Å². The molecule has 0 aromatic heterocycles. The van der Waals surface area contributed by atoms with Crippen LogP contribution in [0, 0.1) is 5.92 Å². The fourth-order valence-electron chi connectivity index (χ4n) is 0.813. The molecule has 0 unspecified atom stereocenters. The van der Waals surface area contributed by atoms with Crippen LogP contribution in [0.4, 0.5) is 4.79 Å². The van der Waals surface area contributed by atoms with Crippen LogP contribution < -0.4 is 0 Å². The van der Waals surface area contributed by atoms with Crippen molar-refractivity contribution in [3.05, 3.63) is 0 Å². The van der Waals surface area contributed by atoms with Crippen LogP contribution in [0.25, 0.3) is 0 Å². The quantitative estimate of drug-likeness (QED) is 0.651. The van der Waals surface area contributed by atoms with Gasteiger partial charge in [0.15, 0.2) is 0 Å². The summed E-state index contributed by atoms with van der Waals surface area (Å²) >= 11 is 0. The van der Waals surface area contributed by atoms with E-state index in [1.165, 1.54) is 11.9 Å². The summed E-state index contributed by atoms with van der Waals surface area (Å²) in [6, 6.07) is 0. The van der Waals surface area contributed by atoms with E-state index in [4.69, 9.17) is 9.47 Å². The Morgan fingerprint density at radius 3 is 2.33 bits per heavy atom. The van der Waals surface area contributed by atoms with Crippen molar-refractivity contribution in [2.45, 2.75) is 20.8 Å². The van der Waals surface area contributed by atoms with Crippen LogP contribution in [0.2, 0.25) is 0 Å². The fourth-order valence-corrected chi connectivity index (χ4v) is 0.813. The van der Waals surface area contributed by atoms with Gasteiger partial charge in [-0.15, -0.1) is 0 Å². The largest absolute Gasteiger partial charge is 0.465 e. The highest BCUT2D eigenvalue weighted by Crippen LogP contribution is 1.97. The molecule has 15 heavy (non-hydrogen) atoms. The Balaban J connectivity index is 3.83. The molecule has 0 atom stereocenters. The molecule has 0 N–H and O–H groups in total. The summed E-state index contributed by atoms with van der Waals surface area (Å²) in [7, 11) is 1.50. The first kappa shape index (κ1) is 13.7. The van der Waals surface area contributed by atoms with Crippen molar-refractivity contribution in [1.82, 2.24) is 4.90 Å². The van der Waals surface area contributed by atoms with Gasteiger partial charge in [0.2, 0.25) is 0 Å². The van der Waals surface area contributed by atoms with Crippen LogP contribution >= 0.6 is 0 Å². The Labute approximate surface area is 90.3 Å². The predicted octanol–water partition coefficient (Wildman–Crippen LogP) is 1.27. The van der Waals surface area contributed by atoms with Crippen LogP contribution in [0.3, 0.4) is 0 Å². The van der Waals surface area contributed by atoms with Crippen LogP contribution in [0.1, 0.15) is 20.8 Å². The first-order valence-corrected chi connectivity index (χ1v) is 5.00. The highest BCUT2D eigenvalue weighted by atomic mass is 16.6. The van der Waals surface area contributed by atoms with Gasteiger partial charge in [0, 0.05) is 7.05 Å². The molecule has 0 rings (SSSR count). The van der Waals surface area contributed by atoms with Gasteiger partial charge in [-0.3, -0.25) is 4.79 Å². The van der Waals surface area contributed by atoms with E-state index in [0.717, 1.165) is 0 Å². The number of esters is 1. The summed E-state index contributed by atoms with van der Waals surface area (Å²) in [5.74, 6) is -0.147. The Kier molecular flexibility index (Phi) is 6.49. The second-order valence-corrected chi connectivity index (χ2v) is 3.63. The second-order valence-electron chi connectivity index (χ2n) is 3.63. The van der Waals surface area contributed by atoms with Crippen LogP contribution in [-0.4, -0.2) is 43.8 Å². The molecule has 5 nitrogen and oxygen atoms in total. The summed E-state index contributed by atoms with van der Waals surface area (Å²) in [5.41, 5.74) is 0. The third kappa shape index (κ3) is 6.76. The molecule has 0 aliphatic heterocycles. The van der Waals surface area contributed by atoms with Crippen molar-refractivity contribution < 1.29 is 19.1 Å². The maximum Gasteiger partial charge on any atom is 0.410 e. The molecular weight excluding hydrogens is 198 g/mol. The van der Waals surface area contributed by atoms with E-state index in [2.05, 4.69) is 0 Å². The highest BCUT2D eigenvalue weighted by Gasteiger charge is 2.14. The first-order valence-electron chi connectivity index (χ1n) is 5.00. The molecule has 88 valence electrons. The third-order valence-electron chi connectivity index (χ3n) is 1.52. The number of rotatable bonds is 5. The summed E-state index contributed by atoms with van der Waals surface area (Å²) < 4.78 is 9.62. The van der Waals surface area contributed by atoms with Crippen molar-refractivity contribution in [2.24, 2.45) is 5.92 Å². The molecule has 0 spiro atoms. The van der Waals surface area contributed by atoms with E-state index < -0.39 is 12.1 Å². The third-order valence-corrected chi connectivity index (χ3v) is 1.52. The van der Waals surface area contributed by atoms with Crippen LogP contribution in [0.15, 0.2) is 0 Å². The first-order chi connectivity index (χ1) is 6.97. The number of ether oxygens (including phenoxy) is 2. The topological polar surface area (TPSA) is 55.8 Å². The molecule has 0 radical (unpaired) electrons. The van der Waals surface area contributed by atoms with Crippen molar-refractivity contribution >= 4 is 12.1 Å². The molecule has 0 saturated carbocycles. The summed E-state index contributed by atoms with van der Waals surface area (Å²) in [4.78, 5) is 23.5. The standard InChI is InChI=1S/C10H19NO4/c1-5-14-9(12)6-11(4)10(13)15-7-8(2)3/h8H,5-7H2,1-4H3. The fraction of sp³-hybridized carbons (Fsp3) is 0.800. The Morgan fingerprint density at radius 1 is 1.27 bits per heavy atom. The van der Waals surface area contributed by atoms with Crippen molar-refractivity contribution in [2.75, 3.05) is 26.8 Å². The Bertz CT molecular complexity index is 215. The van der Waals surface area contributed by atoms with Crippen molar-refractivity contribution in [1.29, 1.82) is 0 Å². The number of carbonyl (C=O) groups is 2. The van der Waals surface area contributed by atoms with Gasteiger partial charge in [-0.2, -0.15) is 0 Å². The monoisotopic (exact) mass is 217 g/mol. The summed E-state index contributed by atoms with van der Waals surface area (Å²) in [5, 5.41) is 0. The molecule has 0 aliphatic rings. The normalized spacial score (nSPS) is 9.93. The molecule has 5 heteroatoms. The van der Waals surface area contributed by atoms with Gasteiger partial charge in [0.1, 0.15) is 6.54 Å². The zero-order valence-electron chi connectivity index (χ0n) is 9.78. The predicted molar refractivity (Wildman–Crippen MR) is 55.4 cm³/mol. The van der Waals surface area contributed by atoms with Gasteiger partial charge in [-0.1, -0.05) is 13.8 Å². The van der Waals surface area contributed by atoms with Gasteiger partial charge in [0.05, 0.1) is 13.2 Å². The number of amides is 1. The Hall–Kier alpha value is -1.26. The minimum Gasteiger partial charge on any atom is -0.465 e. The summed E-state index contributed by atoms with van der Waals surface area (Å²) in [6.07, 6.45) is -0.503. The zero-order chi connectivity index (χ0) is 11.8. The number of hydrogen-bond acceptors (Lipinski definition) is 4. The Morgan fingerprint density at radius 2 is 1.87 bits per heavy atom. The van der Waals surface area contributed by atoms with Gasteiger partial charge in [-0.25, -0.2) is 4.79 Å². The molecule has 0 aromatic carbocycles. The lowest BCUT2D eigenvalue weighted by Gasteiger charge is -2.16. The van der Waals surface area contributed by atoms with E-state index in [1.807, 2.05) is 13.8 Å². The molecule has 1 amide bonds. The maximum absolute atomic E-state index is 11.3. The van der Waals surface area contributed by atoms with Crippen LogP contribution in [0.5, 0.6) is 0 Å². The summed E-state index contributed by atoms with van der Waals surface area (Å²) in [6.45, 7) is 6.19. The zero-order valence-corrected chi connectivity index (χ0v) is 9.78. The minimum atomic E-state index is -0.503. The molecular formula is C10H19NO4. The number of hydrogen-bond donors (Lipinski definition) is 0. The maximum atomic E-state index is 11.3. The van der Waals surface area contributed by atoms with Crippen molar-refractivity contribution in [3.63, 3.8) is 0 Å². The number of nitrogens with zero attached hydrogens (tertiary/aromatic N) is 1. The van der Waals surface area contributed by atoms with Gasteiger partial charge >= 0.3 is 12.1 Å². The lowest BCUT2D eigenvalue weighted by molar-refractivity contribution is -0.143. The number of likely N-dealkylation sites (N-methyl/N-ethyl adjacent to an activating group) is 1. The second kappa shape index (κ2) is 7.09. The van der Waals surface area contributed by atoms with E-state index in [1.54, 1.807) is 6.92 Å². The SMILES string of the molecule is CCOC(=O)CN(C)C(=O)OCC(C)C. The van der Waals surface area contributed by atoms with Gasteiger partial charge < -0.3 is 14.4 Å². The number of carbonyl (C=O) groups excluding carboxylic acids is 2. The smallest absolute Gasteiger partial charge is 0.410 e. The van der Waals surface area contributed by atoms with Gasteiger partial charge in [-0.05, 0) is 12.8 Å². The molecule has 0 heterocycles. The van der Waals surface area contributed by atoms with Gasteiger partial charge in [0.25, 0.3) is 0 Å². The molecule has 0 fully saturated rings. The molecule has 0 aliphatic carbocycles. The molecule has 0 saturated heterocycles. The van der Waals surface area contributed by atoms with E-state index >= 15 is 0 Å². The lowest BCUT2D eigenvalue weighted by atomic mass is 10.2. The average Bonchev–Trinajstić information content (AvgIpc) is 2.14. The van der Waals surface area contributed by atoms with Crippen molar-refractivity contribution in [3.8, 4) is 0 Å². The molecule has 0 aromatic rings. The van der Waals surface area contributed by atoms with E-state index in [9.17, 15) is 9.59 Å². The molecule has 0 bridgehead atoms. The lowest BCUT2D eigenvalue weighted by Crippen LogP contribution is -2.34.